The molecule has 0 saturated carbocycles. The molecule has 0 unspecified atom stereocenters. The van der Waals surface area contributed by atoms with Gasteiger partial charge >= 0.3 is 0 Å². The predicted octanol–water partition coefficient (Wildman–Crippen LogP) is 1.31. The summed E-state index contributed by atoms with van der Waals surface area (Å²) in [5.74, 6) is 1.54. The Morgan fingerprint density at radius 1 is 1.38 bits per heavy atom. The highest BCUT2D eigenvalue weighted by Gasteiger charge is 2.36. The lowest BCUT2D eigenvalue weighted by Crippen LogP contribution is -2.21. The maximum Gasteiger partial charge on any atom is 0.0343 e. The van der Waals surface area contributed by atoms with E-state index in [1.54, 1.807) is 0 Å². The van der Waals surface area contributed by atoms with Gasteiger partial charge in [-0.25, -0.2) is 0 Å². The molecule has 1 N–H and O–H groups in total. The number of nitrogens with zero attached hydrogens (tertiary/aromatic N) is 1. The highest BCUT2D eigenvalue weighted by atomic mass is 14.9. The Morgan fingerprint density at radius 2 is 2.38 bits per heavy atom. The minimum atomic E-state index is 0.754. The first kappa shape index (κ1) is 7.27. The van der Waals surface area contributed by atoms with Gasteiger partial charge in [0.15, 0.2) is 0 Å². The van der Waals surface area contributed by atoms with Gasteiger partial charge in [-0.2, -0.15) is 0 Å². The first-order valence-electron chi connectivity index (χ1n) is 4.78. The molecule has 66 valence electrons. The maximum atomic E-state index is 4.14. The minimum absolute atomic E-state index is 0.754. The molecule has 1 aliphatic carbocycles. The van der Waals surface area contributed by atoms with E-state index in [9.17, 15) is 0 Å². The van der Waals surface area contributed by atoms with Crippen LogP contribution in [-0.2, 0) is 0 Å². The number of hydrogen-bond donors (Lipinski definition) is 1. The van der Waals surface area contributed by atoms with Gasteiger partial charge in [-0.05, 0) is 23.1 Å². The lowest BCUT2D eigenvalue weighted by molar-refractivity contribution is 0.564. The van der Waals surface area contributed by atoms with Crippen molar-refractivity contribution in [2.45, 2.75) is 0 Å². The lowest BCUT2D eigenvalue weighted by Gasteiger charge is -2.29. The standard InChI is InChI=1S/C11H12N2/c1-2-8(5-12-3-1)10-4-9-6-13-7-11(9)10/h1-5,9,11,13H,6-7H2/t9-,11+/m0/s1. The fourth-order valence-corrected chi connectivity index (χ4v) is 2.29. The molecule has 2 heteroatoms. The zero-order chi connectivity index (χ0) is 8.67. The number of nitrogens with one attached hydrogen (secondary N) is 1. The average Bonchev–Trinajstić information content (AvgIpc) is 2.50. The summed E-state index contributed by atoms with van der Waals surface area (Å²) in [6, 6.07) is 4.15. The summed E-state index contributed by atoms with van der Waals surface area (Å²) in [6.07, 6.45) is 6.16. The second kappa shape index (κ2) is 2.67. The van der Waals surface area contributed by atoms with Gasteiger partial charge in [-0.15, -0.1) is 0 Å². The molecule has 0 spiro atoms. The summed E-state index contributed by atoms with van der Waals surface area (Å²) in [6.45, 7) is 2.31. The van der Waals surface area contributed by atoms with Crippen molar-refractivity contribution in [1.29, 1.82) is 0 Å². The van der Waals surface area contributed by atoms with Crippen LogP contribution < -0.4 is 5.32 Å². The van der Waals surface area contributed by atoms with Crippen LogP contribution in [0.1, 0.15) is 5.56 Å². The van der Waals surface area contributed by atoms with E-state index in [1.807, 2.05) is 18.5 Å². The molecule has 2 aliphatic rings. The van der Waals surface area contributed by atoms with Gasteiger partial charge in [0.1, 0.15) is 0 Å². The van der Waals surface area contributed by atoms with E-state index in [2.05, 4.69) is 22.4 Å². The highest BCUT2D eigenvalue weighted by Crippen LogP contribution is 2.41. The van der Waals surface area contributed by atoms with Crippen molar-refractivity contribution >= 4 is 5.57 Å². The Balaban J connectivity index is 1.93. The second-order valence-electron chi connectivity index (χ2n) is 3.79. The van der Waals surface area contributed by atoms with Crippen molar-refractivity contribution in [1.82, 2.24) is 10.3 Å². The van der Waals surface area contributed by atoms with Crippen molar-refractivity contribution in [3.8, 4) is 0 Å². The zero-order valence-electron chi connectivity index (χ0n) is 7.40. The summed E-state index contributed by atoms with van der Waals surface area (Å²) < 4.78 is 0. The summed E-state index contributed by atoms with van der Waals surface area (Å²) in [5, 5.41) is 3.41. The van der Waals surface area contributed by atoms with Crippen molar-refractivity contribution in [3.63, 3.8) is 0 Å². The van der Waals surface area contributed by atoms with Crippen LogP contribution in [-0.4, -0.2) is 18.1 Å². The maximum absolute atomic E-state index is 4.14. The largest absolute Gasteiger partial charge is 0.315 e. The van der Waals surface area contributed by atoms with E-state index in [1.165, 1.54) is 11.1 Å². The molecule has 1 fully saturated rings. The first-order chi connectivity index (χ1) is 6.45. The molecule has 3 rings (SSSR count). The number of fused-ring (bicyclic) bond motifs is 1. The quantitative estimate of drug-likeness (QED) is 0.691. The summed E-state index contributed by atoms with van der Waals surface area (Å²) in [4.78, 5) is 4.14. The number of pyridine rings is 1. The van der Waals surface area contributed by atoms with E-state index in [0.717, 1.165) is 24.9 Å². The van der Waals surface area contributed by atoms with Crippen molar-refractivity contribution in [3.05, 3.63) is 36.2 Å². The van der Waals surface area contributed by atoms with Gasteiger partial charge in [-0.1, -0.05) is 12.1 Å². The van der Waals surface area contributed by atoms with E-state index < -0.39 is 0 Å². The van der Waals surface area contributed by atoms with Crippen molar-refractivity contribution in [2.75, 3.05) is 13.1 Å². The number of aromatic nitrogens is 1. The highest BCUT2D eigenvalue weighted by molar-refractivity contribution is 5.73. The van der Waals surface area contributed by atoms with Crippen LogP contribution in [0.15, 0.2) is 30.6 Å². The molecule has 2 nitrogen and oxygen atoms in total. The van der Waals surface area contributed by atoms with Gasteiger partial charge in [0, 0.05) is 31.4 Å². The Hall–Kier alpha value is -1.15. The van der Waals surface area contributed by atoms with Crippen LogP contribution in [0.2, 0.25) is 0 Å². The number of hydrogen-bond acceptors (Lipinski definition) is 2. The van der Waals surface area contributed by atoms with Crippen LogP contribution in [0.25, 0.3) is 5.57 Å². The topological polar surface area (TPSA) is 24.9 Å². The van der Waals surface area contributed by atoms with Gasteiger partial charge in [0.05, 0.1) is 0 Å². The van der Waals surface area contributed by atoms with Crippen molar-refractivity contribution in [2.24, 2.45) is 11.8 Å². The zero-order valence-corrected chi connectivity index (χ0v) is 7.40. The minimum Gasteiger partial charge on any atom is -0.315 e. The Kier molecular flexibility index (Phi) is 1.49. The molecule has 13 heavy (non-hydrogen) atoms. The molecule has 1 aromatic heterocycles. The van der Waals surface area contributed by atoms with Crippen LogP contribution in [0, 0.1) is 11.8 Å². The van der Waals surface area contributed by atoms with E-state index in [-0.39, 0.29) is 0 Å². The normalized spacial score (nSPS) is 30.6. The second-order valence-corrected chi connectivity index (χ2v) is 3.79. The predicted molar refractivity (Wildman–Crippen MR) is 52.1 cm³/mol. The Labute approximate surface area is 77.7 Å². The van der Waals surface area contributed by atoms with E-state index in [4.69, 9.17) is 0 Å². The van der Waals surface area contributed by atoms with Crippen LogP contribution >= 0.6 is 0 Å². The lowest BCUT2D eigenvalue weighted by atomic mass is 9.74. The monoisotopic (exact) mass is 172 g/mol. The third-order valence-corrected chi connectivity index (χ3v) is 3.05. The van der Waals surface area contributed by atoms with Gasteiger partial charge in [0.2, 0.25) is 0 Å². The average molecular weight is 172 g/mol. The molecule has 0 aromatic carbocycles. The molecule has 2 heterocycles. The summed E-state index contributed by atoms with van der Waals surface area (Å²) >= 11 is 0. The van der Waals surface area contributed by atoms with Crippen LogP contribution in [0.5, 0.6) is 0 Å². The number of rotatable bonds is 1. The molecular weight excluding hydrogens is 160 g/mol. The fraction of sp³-hybridized carbons (Fsp3) is 0.364. The molecule has 0 bridgehead atoms. The van der Waals surface area contributed by atoms with Crippen molar-refractivity contribution < 1.29 is 0 Å². The Morgan fingerprint density at radius 3 is 3.15 bits per heavy atom. The van der Waals surface area contributed by atoms with Crippen LogP contribution in [0.3, 0.4) is 0 Å². The molecule has 1 aromatic rings. The Bertz CT molecular complexity index is 342. The van der Waals surface area contributed by atoms with Gasteiger partial charge in [-0.3, -0.25) is 4.98 Å². The van der Waals surface area contributed by atoms with E-state index >= 15 is 0 Å². The molecule has 2 atom stereocenters. The smallest absolute Gasteiger partial charge is 0.0343 e. The molecular formula is C11H12N2. The van der Waals surface area contributed by atoms with Crippen LogP contribution in [0.4, 0.5) is 0 Å². The first-order valence-corrected chi connectivity index (χ1v) is 4.78. The van der Waals surface area contributed by atoms with Gasteiger partial charge < -0.3 is 5.32 Å². The summed E-state index contributed by atoms with van der Waals surface area (Å²) in [7, 11) is 0. The van der Waals surface area contributed by atoms with E-state index in [0.29, 0.717) is 0 Å². The SMILES string of the molecule is C1=C(c2cccnc2)[C@@H]2CNC[C@H]12. The van der Waals surface area contributed by atoms with Gasteiger partial charge in [0.25, 0.3) is 0 Å². The molecule has 0 amide bonds. The third-order valence-electron chi connectivity index (χ3n) is 3.05. The summed E-state index contributed by atoms with van der Waals surface area (Å²) in [5.41, 5.74) is 2.79. The fourth-order valence-electron chi connectivity index (χ4n) is 2.29. The molecule has 1 aliphatic heterocycles. The molecule has 0 radical (unpaired) electrons. The molecule has 1 saturated heterocycles. The third kappa shape index (κ3) is 1.02.